The molecule has 0 bridgehead atoms. The van der Waals surface area contributed by atoms with E-state index in [4.69, 9.17) is 14.5 Å². The van der Waals surface area contributed by atoms with E-state index in [1.165, 1.54) is 51.3 Å². The van der Waals surface area contributed by atoms with Gasteiger partial charge >= 0.3 is 0 Å². The second-order valence-electron chi connectivity index (χ2n) is 7.42. The molecular weight excluding hydrogens is 368 g/mol. The highest BCUT2D eigenvalue weighted by Crippen LogP contribution is 2.19. The fraction of sp³-hybridized carbons (Fsp3) is 0.522. The molecule has 0 radical (unpaired) electrons. The minimum Gasteiger partial charge on any atom is -0.494 e. The van der Waals surface area contributed by atoms with Crippen LogP contribution in [0.3, 0.4) is 0 Å². The highest BCUT2D eigenvalue weighted by atomic mass is 16.5. The van der Waals surface area contributed by atoms with Crippen LogP contribution in [0.2, 0.25) is 0 Å². The molecular formula is C23H30N2O4. The van der Waals surface area contributed by atoms with Crippen LogP contribution >= 0.6 is 0 Å². The van der Waals surface area contributed by atoms with Gasteiger partial charge in [-0.2, -0.15) is 0 Å². The normalized spacial score (nSPS) is 15.6. The minimum absolute atomic E-state index is 0.120. The molecule has 1 aliphatic rings. The average molecular weight is 399 g/mol. The molecule has 2 aromatic carbocycles. The number of nitrogens with zero attached hydrogens (tertiary/aromatic N) is 1. The topological polar surface area (TPSA) is 77.0 Å². The Morgan fingerprint density at radius 2 is 1.83 bits per heavy atom. The molecule has 1 aliphatic heterocycles. The first-order chi connectivity index (χ1) is 14.2. The van der Waals surface area contributed by atoms with E-state index >= 15 is 0 Å². The maximum absolute atomic E-state index is 11.5. The van der Waals surface area contributed by atoms with Gasteiger partial charge in [-0.3, -0.25) is 14.6 Å². The Bertz CT molecular complexity index is 897. The Morgan fingerprint density at radius 3 is 2.66 bits per heavy atom. The van der Waals surface area contributed by atoms with Crippen molar-refractivity contribution in [3.63, 3.8) is 0 Å². The lowest BCUT2D eigenvalue weighted by atomic mass is 10.0. The van der Waals surface area contributed by atoms with E-state index in [0.717, 1.165) is 24.3 Å². The van der Waals surface area contributed by atoms with E-state index in [-0.39, 0.29) is 11.4 Å². The van der Waals surface area contributed by atoms with Gasteiger partial charge in [-0.15, -0.1) is 0 Å². The largest absolute Gasteiger partial charge is 0.494 e. The van der Waals surface area contributed by atoms with E-state index in [9.17, 15) is 9.59 Å². The van der Waals surface area contributed by atoms with Crippen LogP contribution in [-0.2, 0) is 0 Å². The van der Waals surface area contributed by atoms with E-state index < -0.39 is 10.9 Å². The van der Waals surface area contributed by atoms with Crippen LogP contribution in [0.4, 0.5) is 5.69 Å². The number of aliphatic imine (C=N–C) groups is 1. The Kier molecular flexibility index (Phi) is 7.85. The van der Waals surface area contributed by atoms with Gasteiger partial charge in [-0.05, 0) is 43.4 Å². The second kappa shape index (κ2) is 10.8. The van der Waals surface area contributed by atoms with Crippen LogP contribution in [0.5, 0.6) is 11.5 Å². The van der Waals surface area contributed by atoms with Crippen molar-refractivity contribution >= 4 is 11.4 Å². The number of rotatable bonds is 8. The maximum atomic E-state index is 11.5. The first-order valence-electron chi connectivity index (χ1n) is 10.6. The SMILES string of the molecule is COc1c(NCCCOc2cccc(C3=NCCCCCCCC3)c2)c(=O)c1=O. The summed E-state index contributed by atoms with van der Waals surface area (Å²) in [5.74, 6) is 0.948. The lowest BCUT2D eigenvalue weighted by molar-refractivity contribution is 0.315. The summed E-state index contributed by atoms with van der Waals surface area (Å²) in [6, 6.07) is 8.14. The third-order valence-corrected chi connectivity index (χ3v) is 5.25. The quantitative estimate of drug-likeness (QED) is 0.542. The monoisotopic (exact) mass is 398 g/mol. The Morgan fingerprint density at radius 1 is 1.03 bits per heavy atom. The van der Waals surface area contributed by atoms with Crippen molar-refractivity contribution in [1.29, 1.82) is 0 Å². The van der Waals surface area contributed by atoms with Crippen LogP contribution < -0.4 is 25.6 Å². The lowest BCUT2D eigenvalue weighted by Crippen LogP contribution is -2.35. The first-order valence-corrected chi connectivity index (χ1v) is 10.6. The maximum Gasteiger partial charge on any atom is 0.271 e. The van der Waals surface area contributed by atoms with Crippen LogP contribution in [0.1, 0.15) is 56.9 Å². The summed E-state index contributed by atoms with van der Waals surface area (Å²) in [4.78, 5) is 27.7. The summed E-state index contributed by atoms with van der Waals surface area (Å²) in [6.07, 6.45) is 9.29. The average Bonchev–Trinajstić information content (AvgIpc) is 2.76. The highest BCUT2D eigenvalue weighted by molar-refractivity contribution is 6.00. The van der Waals surface area contributed by atoms with E-state index in [0.29, 0.717) is 19.6 Å². The Labute approximate surface area is 171 Å². The van der Waals surface area contributed by atoms with E-state index in [2.05, 4.69) is 17.4 Å². The van der Waals surface area contributed by atoms with Crippen LogP contribution in [0.15, 0.2) is 38.8 Å². The molecule has 2 aromatic rings. The molecule has 0 atom stereocenters. The van der Waals surface area contributed by atoms with E-state index in [1.807, 2.05) is 12.1 Å². The summed E-state index contributed by atoms with van der Waals surface area (Å²) < 4.78 is 10.8. The Hall–Kier alpha value is -2.63. The van der Waals surface area contributed by atoms with Gasteiger partial charge < -0.3 is 14.8 Å². The molecule has 0 spiro atoms. The van der Waals surface area contributed by atoms with Crippen molar-refractivity contribution in [3.05, 3.63) is 50.3 Å². The first kappa shape index (κ1) is 21.1. The molecule has 3 rings (SSSR count). The number of nitrogens with one attached hydrogen (secondary N) is 1. The smallest absolute Gasteiger partial charge is 0.271 e. The molecule has 0 aliphatic carbocycles. The van der Waals surface area contributed by atoms with Gasteiger partial charge in [0, 0.05) is 18.8 Å². The molecule has 0 saturated carbocycles. The van der Waals surface area contributed by atoms with Gasteiger partial charge in [0.05, 0.1) is 13.7 Å². The van der Waals surface area contributed by atoms with Gasteiger partial charge in [0.1, 0.15) is 11.4 Å². The predicted molar refractivity (Wildman–Crippen MR) is 117 cm³/mol. The van der Waals surface area contributed by atoms with Crippen molar-refractivity contribution < 1.29 is 9.47 Å². The molecule has 0 amide bonds. The van der Waals surface area contributed by atoms with Crippen molar-refractivity contribution in [1.82, 2.24) is 0 Å². The molecule has 0 aromatic heterocycles. The fourth-order valence-electron chi connectivity index (χ4n) is 3.61. The molecule has 6 heteroatoms. The minimum atomic E-state index is -0.563. The zero-order valence-corrected chi connectivity index (χ0v) is 17.2. The van der Waals surface area contributed by atoms with Crippen molar-refractivity contribution in [2.24, 2.45) is 4.99 Å². The zero-order valence-electron chi connectivity index (χ0n) is 17.2. The van der Waals surface area contributed by atoms with Crippen LogP contribution in [0, 0.1) is 0 Å². The van der Waals surface area contributed by atoms with Gasteiger partial charge in [0.15, 0.2) is 5.75 Å². The standard InChI is InChI=1S/C23H30N2O4/c1-28-23-20(21(26)22(23)27)25-14-9-15-29-18-11-8-10-17(16-18)19-12-6-4-2-3-5-7-13-24-19/h8,10-11,16,25H,2-7,9,12-15H2,1H3. The third kappa shape index (κ3) is 5.68. The molecule has 156 valence electrons. The summed E-state index contributed by atoms with van der Waals surface area (Å²) in [5.41, 5.74) is 1.53. The third-order valence-electron chi connectivity index (χ3n) is 5.25. The summed E-state index contributed by atoms with van der Waals surface area (Å²) >= 11 is 0. The molecule has 1 heterocycles. The Balaban J connectivity index is 1.49. The van der Waals surface area contributed by atoms with E-state index in [1.54, 1.807) is 0 Å². The second-order valence-corrected chi connectivity index (χ2v) is 7.42. The molecule has 0 unspecified atom stereocenters. The number of hydrogen-bond acceptors (Lipinski definition) is 6. The van der Waals surface area contributed by atoms with Crippen LogP contribution in [-0.4, -0.2) is 32.5 Å². The van der Waals surface area contributed by atoms with Gasteiger partial charge in [0.2, 0.25) is 0 Å². The highest BCUT2D eigenvalue weighted by Gasteiger charge is 2.20. The fourth-order valence-corrected chi connectivity index (χ4v) is 3.61. The number of anilines is 1. The molecule has 6 nitrogen and oxygen atoms in total. The molecule has 1 N–H and O–H groups in total. The number of ether oxygens (including phenoxy) is 2. The van der Waals surface area contributed by atoms with Crippen molar-refractivity contribution in [3.8, 4) is 11.5 Å². The zero-order chi connectivity index (χ0) is 20.5. The van der Waals surface area contributed by atoms with Crippen molar-refractivity contribution in [2.45, 2.75) is 51.4 Å². The summed E-state index contributed by atoms with van der Waals surface area (Å²) in [7, 11) is 1.39. The molecule has 29 heavy (non-hydrogen) atoms. The van der Waals surface area contributed by atoms with Gasteiger partial charge in [-0.25, -0.2) is 0 Å². The van der Waals surface area contributed by atoms with Crippen molar-refractivity contribution in [2.75, 3.05) is 32.1 Å². The summed E-state index contributed by atoms with van der Waals surface area (Å²) in [5, 5.41) is 2.96. The lowest BCUT2D eigenvalue weighted by Gasteiger charge is -2.13. The number of methoxy groups -OCH3 is 1. The summed E-state index contributed by atoms with van der Waals surface area (Å²) in [6.45, 7) is 1.96. The number of hydrogen-bond donors (Lipinski definition) is 1. The van der Waals surface area contributed by atoms with Crippen LogP contribution in [0.25, 0.3) is 0 Å². The van der Waals surface area contributed by atoms with Gasteiger partial charge in [-0.1, -0.05) is 37.8 Å². The van der Waals surface area contributed by atoms with Gasteiger partial charge in [0.25, 0.3) is 10.9 Å². The number of benzene rings is 1. The molecule has 0 fully saturated rings. The molecule has 0 saturated heterocycles. The predicted octanol–water partition coefficient (Wildman–Crippen LogP) is 3.71.